The molecule has 0 saturated heterocycles. The van der Waals surface area contributed by atoms with Crippen molar-refractivity contribution in [2.45, 2.75) is 19.6 Å². The first-order valence-electron chi connectivity index (χ1n) is 6.57. The quantitative estimate of drug-likeness (QED) is 0.586. The molecule has 0 amide bonds. The van der Waals surface area contributed by atoms with Crippen LogP contribution in [0, 0.1) is 11.1 Å². The topological polar surface area (TPSA) is 0 Å². The van der Waals surface area contributed by atoms with Gasteiger partial charge in [-0.25, -0.2) is 0 Å². The number of benzene rings is 2. The van der Waals surface area contributed by atoms with Crippen molar-refractivity contribution >= 4 is 27.2 Å². The molecule has 0 aliphatic carbocycles. The SMILES string of the molecule is C[Si](C)(C)C#C[Si](c1ccccc1)c1ccccc1. The third kappa shape index (κ3) is 4.23. The lowest BCUT2D eigenvalue weighted by atomic mass is 10.4. The highest BCUT2D eigenvalue weighted by Gasteiger charge is 2.15. The van der Waals surface area contributed by atoms with E-state index in [0.717, 1.165) is 0 Å². The molecule has 19 heavy (non-hydrogen) atoms. The minimum atomic E-state index is -1.32. The van der Waals surface area contributed by atoms with Crippen molar-refractivity contribution in [3.63, 3.8) is 0 Å². The normalized spacial score (nSPS) is 10.9. The van der Waals surface area contributed by atoms with Gasteiger partial charge in [0.05, 0.1) is 0 Å². The van der Waals surface area contributed by atoms with E-state index in [0.29, 0.717) is 0 Å². The maximum atomic E-state index is 3.61. The lowest BCUT2D eigenvalue weighted by Crippen LogP contribution is -2.41. The monoisotopic (exact) mass is 279 g/mol. The summed E-state index contributed by atoms with van der Waals surface area (Å²) >= 11 is 0. The van der Waals surface area contributed by atoms with Gasteiger partial charge >= 0.3 is 0 Å². The van der Waals surface area contributed by atoms with Gasteiger partial charge < -0.3 is 0 Å². The molecule has 0 heterocycles. The van der Waals surface area contributed by atoms with E-state index >= 15 is 0 Å². The van der Waals surface area contributed by atoms with Crippen LogP contribution in [0.5, 0.6) is 0 Å². The lowest BCUT2D eigenvalue weighted by Gasteiger charge is -2.11. The summed E-state index contributed by atoms with van der Waals surface area (Å²) < 4.78 is 0. The van der Waals surface area contributed by atoms with Crippen LogP contribution in [0.25, 0.3) is 0 Å². The highest BCUT2D eigenvalue weighted by atomic mass is 28.3. The summed E-state index contributed by atoms with van der Waals surface area (Å²) in [5, 5.41) is 2.76. The summed E-state index contributed by atoms with van der Waals surface area (Å²) in [5.74, 6) is 0. The first kappa shape index (κ1) is 13.9. The highest BCUT2D eigenvalue weighted by Crippen LogP contribution is 1.98. The Bertz CT molecular complexity index is 532. The van der Waals surface area contributed by atoms with E-state index in [2.05, 4.69) is 91.4 Å². The number of rotatable bonds is 2. The maximum Gasteiger partial charge on any atom is 0.212 e. The van der Waals surface area contributed by atoms with Gasteiger partial charge in [0.25, 0.3) is 0 Å². The molecule has 0 aliphatic rings. The Morgan fingerprint density at radius 3 is 1.53 bits per heavy atom. The molecule has 2 aromatic rings. The van der Waals surface area contributed by atoms with Crippen LogP contribution in [0.3, 0.4) is 0 Å². The van der Waals surface area contributed by atoms with Gasteiger partial charge in [-0.15, -0.1) is 11.1 Å². The van der Waals surface area contributed by atoms with Crippen LogP contribution in [0.15, 0.2) is 60.7 Å². The van der Waals surface area contributed by atoms with Gasteiger partial charge in [0.2, 0.25) is 8.80 Å². The molecule has 2 aromatic carbocycles. The fourth-order valence-electron chi connectivity index (χ4n) is 1.77. The molecular formula is C17H19Si2. The van der Waals surface area contributed by atoms with Crippen LogP contribution in [-0.4, -0.2) is 16.9 Å². The lowest BCUT2D eigenvalue weighted by molar-refractivity contribution is 1.74. The Balaban J connectivity index is 2.42. The Hall–Kier alpha value is -1.57. The Kier molecular flexibility index (Phi) is 4.41. The average molecular weight is 280 g/mol. The predicted molar refractivity (Wildman–Crippen MR) is 89.0 cm³/mol. The average Bonchev–Trinajstić information content (AvgIpc) is 2.40. The minimum absolute atomic E-state index is 0.959. The molecule has 0 spiro atoms. The van der Waals surface area contributed by atoms with E-state index in [4.69, 9.17) is 0 Å². The van der Waals surface area contributed by atoms with E-state index in [1.807, 2.05) is 0 Å². The highest BCUT2D eigenvalue weighted by molar-refractivity contribution is 6.93. The molecule has 0 saturated carbocycles. The van der Waals surface area contributed by atoms with Gasteiger partial charge in [-0.2, -0.15) is 0 Å². The second-order valence-electron chi connectivity index (χ2n) is 5.61. The van der Waals surface area contributed by atoms with Crippen LogP contribution in [0.4, 0.5) is 0 Å². The molecule has 0 unspecified atom stereocenters. The van der Waals surface area contributed by atoms with E-state index < -0.39 is 16.9 Å². The summed E-state index contributed by atoms with van der Waals surface area (Å²) in [5.41, 5.74) is 7.16. The summed E-state index contributed by atoms with van der Waals surface area (Å²) in [4.78, 5) is 0. The van der Waals surface area contributed by atoms with Crippen molar-refractivity contribution in [2.24, 2.45) is 0 Å². The molecule has 0 N–H and O–H groups in total. The van der Waals surface area contributed by atoms with Crippen molar-refractivity contribution < 1.29 is 0 Å². The molecule has 2 rings (SSSR count). The van der Waals surface area contributed by atoms with Crippen LogP contribution in [-0.2, 0) is 0 Å². The second-order valence-corrected chi connectivity index (χ2v) is 12.5. The van der Waals surface area contributed by atoms with Crippen molar-refractivity contribution in [1.82, 2.24) is 0 Å². The standard InChI is InChI=1S/C17H19Si2/c1-19(2,3)15-14-18(16-10-6-4-7-11-16)17-12-8-5-9-13-17/h4-13H,1-3H3. The Morgan fingerprint density at radius 2 is 1.16 bits per heavy atom. The van der Waals surface area contributed by atoms with Gasteiger partial charge in [-0.3, -0.25) is 0 Å². The molecule has 0 fully saturated rings. The minimum Gasteiger partial charge on any atom is -0.138 e. The van der Waals surface area contributed by atoms with E-state index in [9.17, 15) is 0 Å². The molecule has 1 radical (unpaired) electrons. The summed E-state index contributed by atoms with van der Waals surface area (Å²) in [6.07, 6.45) is 0. The maximum absolute atomic E-state index is 3.61. The van der Waals surface area contributed by atoms with Crippen molar-refractivity contribution in [3.8, 4) is 11.1 Å². The van der Waals surface area contributed by atoms with Gasteiger partial charge in [-0.05, 0) is 10.4 Å². The molecule has 0 nitrogen and oxygen atoms in total. The zero-order chi connectivity index (χ0) is 13.7. The third-order valence-corrected chi connectivity index (χ3v) is 6.01. The van der Waals surface area contributed by atoms with Gasteiger partial charge in [0.15, 0.2) is 0 Å². The Morgan fingerprint density at radius 1 is 0.737 bits per heavy atom. The predicted octanol–water partition coefficient (Wildman–Crippen LogP) is 2.72. The number of hydrogen-bond acceptors (Lipinski definition) is 0. The van der Waals surface area contributed by atoms with E-state index in [1.165, 1.54) is 10.4 Å². The second kappa shape index (κ2) is 6.05. The van der Waals surface area contributed by atoms with Gasteiger partial charge in [0, 0.05) is 0 Å². The van der Waals surface area contributed by atoms with E-state index in [1.54, 1.807) is 0 Å². The molecule has 95 valence electrons. The number of hydrogen-bond donors (Lipinski definition) is 0. The molecule has 0 aromatic heterocycles. The third-order valence-electron chi connectivity index (χ3n) is 2.69. The Labute approximate surface area is 119 Å². The molecular weight excluding hydrogens is 260 g/mol. The zero-order valence-electron chi connectivity index (χ0n) is 11.8. The summed E-state index contributed by atoms with van der Waals surface area (Å²) in [6, 6.07) is 21.4. The van der Waals surface area contributed by atoms with Crippen molar-refractivity contribution in [2.75, 3.05) is 0 Å². The smallest absolute Gasteiger partial charge is 0.138 e. The molecule has 0 aliphatic heterocycles. The van der Waals surface area contributed by atoms with Crippen LogP contribution >= 0.6 is 0 Å². The fraction of sp³-hybridized carbons (Fsp3) is 0.176. The van der Waals surface area contributed by atoms with Gasteiger partial charge in [-0.1, -0.05) is 80.3 Å². The van der Waals surface area contributed by atoms with Crippen molar-refractivity contribution in [1.29, 1.82) is 0 Å². The summed E-state index contributed by atoms with van der Waals surface area (Å²) in [7, 11) is -2.28. The van der Waals surface area contributed by atoms with Crippen LogP contribution in [0.2, 0.25) is 19.6 Å². The zero-order valence-corrected chi connectivity index (χ0v) is 13.8. The first-order valence-corrected chi connectivity index (χ1v) is 11.6. The molecule has 0 bridgehead atoms. The van der Waals surface area contributed by atoms with Crippen LogP contribution < -0.4 is 10.4 Å². The van der Waals surface area contributed by atoms with Crippen molar-refractivity contribution in [3.05, 3.63) is 60.7 Å². The van der Waals surface area contributed by atoms with Gasteiger partial charge in [0.1, 0.15) is 8.07 Å². The molecule has 2 heteroatoms. The molecule has 0 atom stereocenters. The van der Waals surface area contributed by atoms with Crippen LogP contribution in [0.1, 0.15) is 0 Å². The van der Waals surface area contributed by atoms with E-state index in [-0.39, 0.29) is 0 Å². The fourth-order valence-corrected chi connectivity index (χ4v) is 5.44. The largest absolute Gasteiger partial charge is 0.212 e. The first-order chi connectivity index (χ1) is 9.06. The summed E-state index contributed by atoms with van der Waals surface area (Å²) in [6.45, 7) is 6.90.